The number of hydrogen-bond acceptors (Lipinski definition) is 4. The maximum atomic E-state index is 8.48. The van der Waals surface area contributed by atoms with Crippen LogP contribution in [0.2, 0.25) is 0 Å². The fraction of sp³-hybridized carbons (Fsp3) is 0.400. The van der Waals surface area contributed by atoms with E-state index in [9.17, 15) is 0 Å². The van der Waals surface area contributed by atoms with Crippen LogP contribution in [0, 0.1) is 0 Å². The number of nitrogens with zero attached hydrogens (tertiary/aromatic N) is 1. The van der Waals surface area contributed by atoms with Gasteiger partial charge in [0.2, 0.25) is 5.89 Å². The van der Waals surface area contributed by atoms with Gasteiger partial charge in [0.25, 0.3) is 0 Å². The molecule has 58 valence electrons. The molecule has 5 heteroatoms. The Morgan fingerprint density at radius 3 is 2.90 bits per heavy atom. The van der Waals surface area contributed by atoms with Crippen LogP contribution >= 0.6 is 12.4 Å². The predicted octanol–water partition coefficient (Wildman–Crippen LogP) is 0.0885. The van der Waals surface area contributed by atoms with Gasteiger partial charge in [-0.2, -0.15) is 0 Å². The molecule has 0 fully saturated rings. The van der Waals surface area contributed by atoms with E-state index in [-0.39, 0.29) is 19.0 Å². The quantitative estimate of drug-likeness (QED) is 0.650. The zero-order valence-corrected chi connectivity index (χ0v) is 6.04. The van der Waals surface area contributed by atoms with Crippen LogP contribution in [-0.4, -0.2) is 16.7 Å². The summed E-state index contributed by atoms with van der Waals surface area (Å²) in [5, 5.41) is 8.48. The maximum absolute atomic E-state index is 8.48. The number of hydrogen-bond donors (Lipinski definition) is 2. The summed E-state index contributed by atoms with van der Waals surface area (Å²) in [4.78, 5) is 3.74. The lowest BCUT2D eigenvalue weighted by atomic mass is 10.3. The van der Waals surface area contributed by atoms with Crippen LogP contribution in [0.3, 0.4) is 0 Å². The second kappa shape index (κ2) is 4.27. The molecule has 1 aromatic rings. The lowest BCUT2D eigenvalue weighted by molar-refractivity contribution is 0.248. The Bertz CT molecular complexity index is 166. The van der Waals surface area contributed by atoms with Crippen molar-refractivity contribution in [1.82, 2.24) is 4.98 Å². The molecule has 3 N–H and O–H groups in total. The second-order valence-corrected chi connectivity index (χ2v) is 1.66. The molecule has 1 aromatic heterocycles. The van der Waals surface area contributed by atoms with Gasteiger partial charge in [-0.25, -0.2) is 4.98 Å². The molecular formula is C5H9ClN2O2. The number of halogens is 1. The first-order chi connectivity index (χ1) is 4.34. The van der Waals surface area contributed by atoms with Gasteiger partial charge in [-0.1, -0.05) is 0 Å². The van der Waals surface area contributed by atoms with E-state index in [0.29, 0.717) is 5.89 Å². The Hall–Kier alpha value is -0.580. The molecule has 0 aliphatic rings. The molecule has 0 aromatic carbocycles. The Kier molecular flexibility index (Phi) is 4.02. The number of oxazole rings is 1. The van der Waals surface area contributed by atoms with Gasteiger partial charge in [0.1, 0.15) is 12.3 Å². The molecule has 0 saturated carbocycles. The first-order valence-corrected chi connectivity index (χ1v) is 2.60. The van der Waals surface area contributed by atoms with Gasteiger partial charge in [0.05, 0.1) is 12.8 Å². The fourth-order valence-electron chi connectivity index (χ4n) is 0.496. The summed E-state index contributed by atoms with van der Waals surface area (Å²) in [6.07, 6.45) is 2.91. The van der Waals surface area contributed by atoms with E-state index >= 15 is 0 Å². The molecular weight excluding hydrogens is 156 g/mol. The van der Waals surface area contributed by atoms with E-state index < -0.39 is 6.04 Å². The molecule has 1 heterocycles. The van der Waals surface area contributed by atoms with Crippen LogP contribution in [0.1, 0.15) is 11.9 Å². The van der Waals surface area contributed by atoms with Crippen molar-refractivity contribution in [2.45, 2.75) is 6.04 Å². The molecule has 0 radical (unpaired) electrons. The molecule has 1 unspecified atom stereocenters. The van der Waals surface area contributed by atoms with E-state index in [1.165, 1.54) is 12.5 Å². The summed E-state index contributed by atoms with van der Waals surface area (Å²) in [5.74, 6) is 0.373. The highest BCUT2D eigenvalue weighted by atomic mass is 35.5. The standard InChI is InChI=1S/C5H8N2O2.ClH/c6-4(3-8)5-7-1-2-9-5;/h1-2,4,8H,3,6H2;1H. The van der Waals surface area contributed by atoms with Crippen LogP contribution in [0.4, 0.5) is 0 Å². The van der Waals surface area contributed by atoms with Crippen LogP contribution in [-0.2, 0) is 0 Å². The topological polar surface area (TPSA) is 72.3 Å². The zero-order valence-electron chi connectivity index (χ0n) is 5.23. The largest absolute Gasteiger partial charge is 0.447 e. The third-order valence-electron chi connectivity index (χ3n) is 0.965. The Balaban J connectivity index is 0.000000810. The molecule has 0 amide bonds. The zero-order chi connectivity index (χ0) is 6.69. The Morgan fingerprint density at radius 1 is 1.80 bits per heavy atom. The van der Waals surface area contributed by atoms with Gasteiger partial charge >= 0.3 is 0 Å². The van der Waals surface area contributed by atoms with Crippen molar-refractivity contribution in [3.05, 3.63) is 18.4 Å². The molecule has 0 saturated heterocycles. The SMILES string of the molecule is Cl.NC(CO)c1ncco1. The van der Waals surface area contributed by atoms with Gasteiger partial charge < -0.3 is 15.3 Å². The lowest BCUT2D eigenvalue weighted by Crippen LogP contribution is -2.14. The van der Waals surface area contributed by atoms with Gasteiger partial charge in [0, 0.05) is 0 Å². The summed E-state index contributed by atoms with van der Waals surface area (Å²) in [6, 6.07) is -0.486. The van der Waals surface area contributed by atoms with Crippen LogP contribution in [0.15, 0.2) is 16.9 Å². The monoisotopic (exact) mass is 164 g/mol. The molecule has 1 atom stereocenters. The van der Waals surface area contributed by atoms with E-state index in [2.05, 4.69) is 4.98 Å². The summed E-state index contributed by atoms with van der Waals surface area (Å²) >= 11 is 0. The first kappa shape index (κ1) is 9.42. The molecule has 10 heavy (non-hydrogen) atoms. The molecule has 4 nitrogen and oxygen atoms in total. The molecule has 0 aliphatic carbocycles. The average molecular weight is 165 g/mol. The van der Waals surface area contributed by atoms with Crippen molar-refractivity contribution in [3.8, 4) is 0 Å². The van der Waals surface area contributed by atoms with E-state index in [1.807, 2.05) is 0 Å². The highest BCUT2D eigenvalue weighted by Gasteiger charge is 2.06. The minimum absolute atomic E-state index is 0. The van der Waals surface area contributed by atoms with E-state index in [1.54, 1.807) is 0 Å². The fourth-order valence-corrected chi connectivity index (χ4v) is 0.496. The summed E-state index contributed by atoms with van der Waals surface area (Å²) < 4.78 is 4.79. The van der Waals surface area contributed by atoms with E-state index in [0.717, 1.165) is 0 Å². The lowest BCUT2D eigenvalue weighted by Gasteiger charge is -1.99. The normalized spacial score (nSPS) is 12.2. The smallest absolute Gasteiger partial charge is 0.213 e. The van der Waals surface area contributed by atoms with Crippen LogP contribution in [0.25, 0.3) is 0 Å². The van der Waals surface area contributed by atoms with Crippen molar-refractivity contribution in [3.63, 3.8) is 0 Å². The predicted molar refractivity (Wildman–Crippen MR) is 37.8 cm³/mol. The summed E-state index contributed by atoms with van der Waals surface area (Å²) in [6.45, 7) is -0.138. The summed E-state index contributed by atoms with van der Waals surface area (Å²) in [7, 11) is 0. The minimum atomic E-state index is -0.486. The first-order valence-electron chi connectivity index (χ1n) is 2.60. The number of aromatic nitrogens is 1. The second-order valence-electron chi connectivity index (χ2n) is 1.66. The Morgan fingerprint density at radius 2 is 2.50 bits per heavy atom. The van der Waals surface area contributed by atoms with Crippen molar-refractivity contribution in [2.75, 3.05) is 6.61 Å². The van der Waals surface area contributed by atoms with Crippen molar-refractivity contribution >= 4 is 12.4 Å². The minimum Gasteiger partial charge on any atom is -0.447 e. The van der Waals surface area contributed by atoms with Gasteiger partial charge in [-0.15, -0.1) is 12.4 Å². The van der Waals surface area contributed by atoms with Gasteiger partial charge in [-0.05, 0) is 0 Å². The third-order valence-corrected chi connectivity index (χ3v) is 0.965. The van der Waals surface area contributed by atoms with Crippen molar-refractivity contribution < 1.29 is 9.52 Å². The summed E-state index contributed by atoms with van der Waals surface area (Å²) in [5.41, 5.74) is 5.33. The third kappa shape index (κ3) is 1.98. The van der Waals surface area contributed by atoms with Gasteiger partial charge in [0.15, 0.2) is 0 Å². The van der Waals surface area contributed by atoms with Crippen molar-refractivity contribution in [1.29, 1.82) is 0 Å². The number of aliphatic hydroxyl groups is 1. The number of aliphatic hydroxyl groups excluding tert-OH is 1. The highest BCUT2D eigenvalue weighted by Crippen LogP contribution is 2.03. The molecule has 0 bridgehead atoms. The molecule has 0 aliphatic heterocycles. The average Bonchev–Trinajstić information content (AvgIpc) is 2.37. The van der Waals surface area contributed by atoms with Gasteiger partial charge in [-0.3, -0.25) is 0 Å². The van der Waals surface area contributed by atoms with E-state index in [4.69, 9.17) is 15.3 Å². The molecule has 1 rings (SSSR count). The van der Waals surface area contributed by atoms with Crippen LogP contribution in [0.5, 0.6) is 0 Å². The van der Waals surface area contributed by atoms with Crippen molar-refractivity contribution in [2.24, 2.45) is 5.73 Å². The Labute approximate surface area is 64.5 Å². The number of nitrogens with two attached hydrogens (primary N) is 1. The van der Waals surface area contributed by atoms with Crippen LogP contribution < -0.4 is 5.73 Å². The molecule has 0 spiro atoms. The number of rotatable bonds is 2. The highest BCUT2D eigenvalue weighted by molar-refractivity contribution is 5.85. The maximum Gasteiger partial charge on any atom is 0.213 e.